The van der Waals surface area contributed by atoms with E-state index in [9.17, 15) is 0 Å². The van der Waals surface area contributed by atoms with E-state index in [1.807, 2.05) is 0 Å². The first-order chi connectivity index (χ1) is 10.4. The van der Waals surface area contributed by atoms with Gasteiger partial charge >= 0.3 is 0 Å². The molecule has 1 fully saturated rings. The van der Waals surface area contributed by atoms with Crippen molar-refractivity contribution >= 4 is 10.9 Å². The van der Waals surface area contributed by atoms with Crippen LogP contribution in [0.3, 0.4) is 0 Å². The van der Waals surface area contributed by atoms with Crippen molar-refractivity contribution < 1.29 is 4.74 Å². The summed E-state index contributed by atoms with van der Waals surface area (Å²) in [6.07, 6.45) is 2.54. The third-order valence-corrected chi connectivity index (χ3v) is 6.70. The topological polar surface area (TPSA) is 9.23 Å². The van der Waals surface area contributed by atoms with Crippen LogP contribution < -0.4 is 0 Å². The summed E-state index contributed by atoms with van der Waals surface area (Å²) >= 11 is 0. The zero-order valence-electron chi connectivity index (χ0n) is 12.4. The highest BCUT2D eigenvalue weighted by Crippen LogP contribution is 2.25. The van der Waals surface area contributed by atoms with E-state index in [4.69, 9.17) is 4.74 Å². The smallest absolute Gasteiger partial charge is 0.142 e. The molecule has 0 aliphatic carbocycles. The molecule has 3 rings (SSSR count). The molecule has 0 saturated carbocycles. The van der Waals surface area contributed by atoms with Gasteiger partial charge in [0, 0.05) is 28.6 Å². The van der Waals surface area contributed by atoms with E-state index >= 15 is 0 Å². The van der Waals surface area contributed by atoms with Crippen molar-refractivity contribution in [2.24, 2.45) is 0 Å². The molecular formula is C19H23OS+. The summed E-state index contributed by atoms with van der Waals surface area (Å²) in [6.45, 7) is 1.90. The maximum absolute atomic E-state index is 5.75. The lowest BCUT2D eigenvalue weighted by atomic mass is 10.2. The van der Waals surface area contributed by atoms with Gasteiger partial charge in [0.2, 0.25) is 0 Å². The fourth-order valence-corrected chi connectivity index (χ4v) is 5.44. The minimum absolute atomic E-state index is 0.362. The largest absolute Gasteiger partial charge is 0.376 e. The van der Waals surface area contributed by atoms with Crippen molar-refractivity contribution in [2.75, 3.05) is 13.2 Å². The Kier molecular flexibility index (Phi) is 5.36. The summed E-state index contributed by atoms with van der Waals surface area (Å²) in [5.41, 5.74) is 2.92. The summed E-state index contributed by atoms with van der Waals surface area (Å²) in [5.74, 6) is 2.37. The van der Waals surface area contributed by atoms with Gasteiger partial charge in [0.05, 0.1) is 6.61 Å². The highest BCUT2D eigenvalue weighted by molar-refractivity contribution is 7.96. The van der Waals surface area contributed by atoms with E-state index in [0.717, 1.165) is 18.5 Å². The summed E-state index contributed by atoms with van der Waals surface area (Å²) in [7, 11) is 0.362. The number of hydrogen-bond acceptors (Lipinski definition) is 1. The summed E-state index contributed by atoms with van der Waals surface area (Å²) < 4.78 is 5.75. The van der Waals surface area contributed by atoms with Gasteiger partial charge in [-0.3, -0.25) is 0 Å². The molecule has 0 bridgehead atoms. The molecule has 1 aliphatic heterocycles. The Hall–Kier alpha value is -1.25. The molecule has 1 heterocycles. The maximum atomic E-state index is 5.75. The number of ether oxygens (including phenoxy) is 1. The van der Waals surface area contributed by atoms with E-state index in [1.54, 1.807) is 0 Å². The van der Waals surface area contributed by atoms with Crippen LogP contribution in [-0.2, 0) is 27.1 Å². The lowest BCUT2D eigenvalue weighted by Crippen LogP contribution is -2.33. The molecule has 0 aromatic heterocycles. The van der Waals surface area contributed by atoms with Gasteiger partial charge in [-0.2, -0.15) is 0 Å². The monoisotopic (exact) mass is 299 g/mol. The normalized spacial score (nSPS) is 18.8. The Labute approximate surface area is 130 Å². The van der Waals surface area contributed by atoms with Crippen LogP contribution >= 0.6 is 0 Å². The van der Waals surface area contributed by atoms with E-state index in [0.29, 0.717) is 10.9 Å². The van der Waals surface area contributed by atoms with Crippen molar-refractivity contribution in [2.45, 2.75) is 29.6 Å². The first-order valence-electron chi connectivity index (χ1n) is 7.74. The van der Waals surface area contributed by atoms with Crippen LogP contribution in [0.1, 0.15) is 24.0 Å². The molecule has 1 atom stereocenters. The molecule has 2 heteroatoms. The van der Waals surface area contributed by atoms with Gasteiger partial charge < -0.3 is 4.74 Å². The van der Waals surface area contributed by atoms with Gasteiger partial charge in [-0.25, -0.2) is 0 Å². The second kappa shape index (κ2) is 7.67. The van der Waals surface area contributed by atoms with Gasteiger partial charge in [0.1, 0.15) is 16.8 Å². The molecule has 1 nitrogen and oxygen atoms in total. The molecule has 0 amide bonds. The van der Waals surface area contributed by atoms with Gasteiger partial charge in [-0.1, -0.05) is 60.7 Å². The van der Waals surface area contributed by atoms with E-state index in [1.165, 1.54) is 35.5 Å². The second-order valence-corrected chi connectivity index (χ2v) is 7.96. The Bertz CT molecular complexity index is 478. The summed E-state index contributed by atoms with van der Waals surface area (Å²) in [4.78, 5) is 0. The van der Waals surface area contributed by atoms with Crippen LogP contribution in [0, 0.1) is 0 Å². The molecule has 1 aliphatic rings. The van der Waals surface area contributed by atoms with Crippen LogP contribution in [0.5, 0.6) is 0 Å². The fourth-order valence-electron chi connectivity index (χ4n) is 2.84. The average molecular weight is 299 g/mol. The van der Waals surface area contributed by atoms with Crippen molar-refractivity contribution in [3.05, 3.63) is 71.8 Å². The first kappa shape index (κ1) is 14.7. The Morgan fingerprint density at radius 2 is 1.43 bits per heavy atom. The van der Waals surface area contributed by atoms with Crippen LogP contribution in [0.4, 0.5) is 0 Å². The van der Waals surface area contributed by atoms with E-state index in [2.05, 4.69) is 60.7 Å². The second-order valence-electron chi connectivity index (χ2n) is 5.64. The van der Waals surface area contributed by atoms with Crippen LogP contribution in [0.25, 0.3) is 0 Å². The molecule has 0 N–H and O–H groups in total. The lowest BCUT2D eigenvalue weighted by Gasteiger charge is -2.23. The van der Waals surface area contributed by atoms with Crippen LogP contribution in [0.2, 0.25) is 0 Å². The minimum atomic E-state index is 0.362. The SMILES string of the molecule is c1ccc(C[S+](Cc2ccccc2)C2CCCOC2)cc1. The molecule has 0 radical (unpaired) electrons. The lowest BCUT2D eigenvalue weighted by molar-refractivity contribution is 0.101. The standard InChI is InChI=1S/C19H23OS/c1-3-8-17(9-4-1)15-21(19-12-7-13-20-14-19)16-18-10-5-2-6-11-18/h1-6,8-11,19H,7,12-16H2/q+1. The average Bonchev–Trinajstić information content (AvgIpc) is 2.57. The van der Waals surface area contributed by atoms with Gasteiger partial charge in [0.25, 0.3) is 0 Å². The van der Waals surface area contributed by atoms with E-state index < -0.39 is 0 Å². The first-order valence-corrected chi connectivity index (χ1v) is 9.36. The number of benzene rings is 2. The predicted octanol–water partition coefficient (Wildman–Crippen LogP) is 4.18. The van der Waals surface area contributed by atoms with Crippen LogP contribution in [-0.4, -0.2) is 18.5 Å². The maximum Gasteiger partial charge on any atom is 0.142 e. The Morgan fingerprint density at radius 3 is 1.90 bits per heavy atom. The third kappa shape index (κ3) is 4.36. The van der Waals surface area contributed by atoms with Crippen molar-refractivity contribution in [1.29, 1.82) is 0 Å². The number of hydrogen-bond donors (Lipinski definition) is 0. The molecule has 0 spiro atoms. The van der Waals surface area contributed by atoms with Crippen molar-refractivity contribution in [3.8, 4) is 0 Å². The van der Waals surface area contributed by atoms with E-state index in [-0.39, 0.29) is 0 Å². The molecule has 1 unspecified atom stereocenters. The van der Waals surface area contributed by atoms with Crippen LogP contribution in [0.15, 0.2) is 60.7 Å². The highest BCUT2D eigenvalue weighted by atomic mass is 32.2. The highest BCUT2D eigenvalue weighted by Gasteiger charge is 2.32. The van der Waals surface area contributed by atoms with Gasteiger partial charge in [-0.15, -0.1) is 0 Å². The van der Waals surface area contributed by atoms with Gasteiger partial charge in [0.15, 0.2) is 0 Å². The Morgan fingerprint density at radius 1 is 0.857 bits per heavy atom. The molecule has 2 aromatic rings. The fraction of sp³-hybridized carbons (Fsp3) is 0.368. The predicted molar refractivity (Wildman–Crippen MR) is 91.5 cm³/mol. The van der Waals surface area contributed by atoms with Crippen molar-refractivity contribution in [3.63, 3.8) is 0 Å². The quantitative estimate of drug-likeness (QED) is 0.752. The van der Waals surface area contributed by atoms with Crippen molar-refractivity contribution in [1.82, 2.24) is 0 Å². The van der Waals surface area contributed by atoms with Gasteiger partial charge in [-0.05, 0) is 12.8 Å². The number of rotatable bonds is 5. The molecule has 110 valence electrons. The zero-order chi connectivity index (χ0) is 14.3. The molecular weight excluding hydrogens is 276 g/mol. The summed E-state index contributed by atoms with van der Waals surface area (Å²) in [5, 5.41) is 0.721. The molecule has 2 aromatic carbocycles. The molecule has 21 heavy (non-hydrogen) atoms. The summed E-state index contributed by atoms with van der Waals surface area (Å²) in [6, 6.07) is 21.8. The minimum Gasteiger partial charge on any atom is -0.376 e. The third-order valence-electron chi connectivity index (χ3n) is 3.98. The zero-order valence-corrected chi connectivity index (χ0v) is 13.2. The molecule has 1 saturated heterocycles. The Balaban J connectivity index is 1.73.